The summed E-state index contributed by atoms with van der Waals surface area (Å²) in [5, 5.41) is 7.29. The van der Waals surface area contributed by atoms with Crippen LogP contribution in [0.2, 0.25) is 18.1 Å². The van der Waals surface area contributed by atoms with E-state index < -0.39 is 14.2 Å². The van der Waals surface area contributed by atoms with Gasteiger partial charge in [-0.15, -0.1) is 0 Å². The highest BCUT2D eigenvalue weighted by Crippen LogP contribution is 2.39. The van der Waals surface area contributed by atoms with Crippen molar-refractivity contribution in [1.29, 1.82) is 0 Å². The molecule has 34 heavy (non-hydrogen) atoms. The minimum absolute atomic E-state index is 0.0420. The third-order valence-electron chi connectivity index (χ3n) is 6.33. The summed E-state index contributed by atoms with van der Waals surface area (Å²) in [5.41, 5.74) is 1.25. The average Bonchev–Trinajstić information content (AvgIpc) is 3.46. The third kappa shape index (κ3) is 4.80. The topological polar surface area (TPSA) is 115 Å². The van der Waals surface area contributed by atoms with Crippen molar-refractivity contribution in [2.45, 2.75) is 51.4 Å². The van der Waals surface area contributed by atoms with Crippen molar-refractivity contribution in [1.82, 2.24) is 19.7 Å². The zero-order valence-electron chi connectivity index (χ0n) is 20.3. The predicted molar refractivity (Wildman–Crippen MR) is 130 cm³/mol. The molecule has 4 heterocycles. The van der Waals surface area contributed by atoms with Crippen LogP contribution in [0.1, 0.15) is 37.7 Å². The molecular weight excluding hydrogens is 452 g/mol. The quantitative estimate of drug-likeness (QED) is 0.531. The number of hydrogen-bond donors (Lipinski definition) is 1. The highest BCUT2D eigenvalue weighted by Gasteiger charge is 2.43. The van der Waals surface area contributed by atoms with Gasteiger partial charge in [-0.25, -0.2) is 4.98 Å². The van der Waals surface area contributed by atoms with E-state index in [0.717, 1.165) is 0 Å². The van der Waals surface area contributed by atoms with E-state index >= 15 is 0 Å². The number of anilines is 2. The SMILES string of the molecule is Cn1cc(NC(=O)c2coc(-c3ccncc3)n2)c(N2C[C@@H](O[Si](C)(C)C(C)(C)C)CC2=O)n1. The Kier molecular flexibility index (Phi) is 6.17. The van der Waals surface area contributed by atoms with Crippen molar-refractivity contribution in [3.05, 3.63) is 42.7 Å². The molecule has 1 atom stereocenters. The van der Waals surface area contributed by atoms with E-state index in [1.807, 2.05) is 0 Å². The molecule has 1 aliphatic rings. The van der Waals surface area contributed by atoms with E-state index in [-0.39, 0.29) is 29.2 Å². The van der Waals surface area contributed by atoms with E-state index in [4.69, 9.17) is 8.84 Å². The molecule has 0 saturated carbocycles. The molecule has 2 amide bonds. The van der Waals surface area contributed by atoms with E-state index in [9.17, 15) is 9.59 Å². The molecule has 4 rings (SSSR count). The first-order chi connectivity index (χ1) is 15.9. The van der Waals surface area contributed by atoms with Gasteiger partial charge in [0.05, 0.1) is 25.3 Å². The van der Waals surface area contributed by atoms with Crippen LogP contribution in [0.25, 0.3) is 11.5 Å². The molecule has 3 aromatic rings. The number of nitrogens with zero attached hydrogens (tertiary/aromatic N) is 5. The van der Waals surface area contributed by atoms with E-state index in [0.29, 0.717) is 29.5 Å². The van der Waals surface area contributed by atoms with Crippen molar-refractivity contribution in [3.63, 3.8) is 0 Å². The number of aryl methyl sites for hydroxylation is 1. The smallest absolute Gasteiger partial charge is 0.277 e. The lowest BCUT2D eigenvalue weighted by Gasteiger charge is -2.38. The molecule has 0 unspecified atom stereocenters. The van der Waals surface area contributed by atoms with Gasteiger partial charge >= 0.3 is 0 Å². The first kappa shape index (κ1) is 23.8. The Labute approximate surface area is 199 Å². The fourth-order valence-corrected chi connectivity index (χ4v) is 4.85. The van der Waals surface area contributed by atoms with Gasteiger partial charge in [-0.05, 0) is 30.3 Å². The largest absolute Gasteiger partial charge is 0.444 e. The van der Waals surface area contributed by atoms with Gasteiger partial charge in [-0.1, -0.05) is 20.8 Å². The van der Waals surface area contributed by atoms with Crippen LogP contribution in [-0.2, 0) is 16.3 Å². The van der Waals surface area contributed by atoms with Crippen LogP contribution in [0.5, 0.6) is 0 Å². The molecule has 1 fully saturated rings. The summed E-state index contributed by atoms with van der Waals surface area (Å²) >= 11 is 0. The van der Waals surface area contributed by atoms with Gasteiger partial charge in [-0.3, -0.25) is 24.2 Å². The van der Waals surface area contributed by atoms with Gasteiger partial charge in [0.2, 0.25) is 11.8 Å². The van der Waals surface area contributed by atoms with Crippen LogP contribution >= 0.6 is 0 Å². The highest BCUT2D eigenvalue weighted by atomic mass is 28.4. The Bertz CT molecular complexity index is 1200. The first-order valence-corrected chi connectivity index (χ1v) is 14.0. The lowest BCUT2D eigenvalue weighted by molar-refractivity contribution is -0.117. The molecule has 10 nitrogen and oxygen atoms in total. The summed E-state index contributed by atoms with van der Waals surface area (Å²) in [4.78, 5) is 35.6. The summed E-state index contributed by atoms with van der Waals surface area (Å²) in [6, 6.07) is 3.49. The van der Waals surface area contributed by atoms with Crippen LogP contribution in [0.4, 0.5) is 11.5 Å². The third-order valence-corrected chi connectivity index (χ3v) is 10.9. The predicted octanol–water partition coefficient (Wildman–Crippen LogP) is 3.85. The average molecular weight is 483 g/mol. The minimum atomic E-state index is -2.03. The van der Waals surface area contributed by atoms with Crippen molar-refractivity contribution in [2.75, 3.05) is 16.8 Å². The van der Waals surface area contributed by atoms with Crippen LogP contribution < -0.4 is 10.2 Å². The van der Waals surface area contributed by atoms with Crippen LogP contribution in [0.15, 0.2) is 41.4 Å². The zero-order valence-corrected chi connectivity index (χ0v) is 21.3. The lowest BCUT2D eigenvalue weighted by atomic mass is 10.2. The first-order valence-electron chi connectivity index (χ1n) is 11.1. The molecule has 0 radical (unpaired) electrons. The number of carbonyl (C=O) groups excluding carboxylic acids is 2. The van der Waals surface area contributed by atoms with Gasteiger partial charge in [-0.2, -0.15) is 5.10 Å². The number of amides is 2. The fraction of sp³-hybridized carbons (Fsp3) is 0.435. The number of carbonyl (C=O) groups is 2. The molecule has 0 aromatic carbocycles. The number of aromatic nitrogens is 4. The van der Waals surface area contributed by atoms with Gasteiger partial charge in [0, 0.05) is 25.0 Å². The Morgan fingerprint density at radius 1 is 1.26 bits per heavy atom. The van der Waals surface area contributed by atoms with Crippen LogP contribution in [0.3, 0.4) is 0 Å². The van der Waals surface area contributed by atoms with E-state index in [1.54, 1.807) is 47.4 Å². The maximum atomic E-state index is 12.9. The summed E-state index contributed by atoms with van der Waals surface area (Å²) in [6.45, 7) is 11.2. The Morgan fingerprint density at radius 2 is 1.97 bits per heavy atom. The number of rotatable bonds is 6. The molecule has 1 aliphatic heterocycles. The second kappa shape index (κ2) is 8.80. The van der Waals surface area contributed by atoms with E-state index in [1.165, 1.54) is 6.26 Å². The van der Waals surface area contributed by atoms with Crippen LogP contribution in [-0.4, -0.2) is 52.5 Å². The van der Waals surface area contributed by atoms with Gasteiger partial charge in [0.15, 0.2) is 19.8 Å². The van der Waals surface area contributed by atoms with Gasteiger partial charge < -0.3 is 14.2 Å². The molecular formula is C23H30N6O4Si. The van der Waals surface area contributed by atoms with E-state index in [2.05, 4.69) is 54.2 Å². The normalized spacial score (nSPS) is 16.8. The minimum Gasteiger partial charge on any atom is -0.444 e. The second-order valence-corrected chi connectivity index (χ2v) is 14.7. The number of nitrogens with one attached hydrogen (secondary N) is 1. The molecule has 180 valence electrons. The summed E-state index contributed by atoms with van der Waals surface area (Å²) < 4.78 is 13.5. The van der Waals surface area contributed by atoms with Crippen molar-refractivity contribution in [3.8, 4) is 11.5 Å². The standard InChI is InChI=1S/C23H30N6O4Si/c1-23(2,3)34(5,6)33-16-11-19(30)29(12-16)20-17(13-28(4)27-20)25-21(31)18-14-32-22(26-18)15-7-9-24-10-8-15/h7-10,13-14,16H,11-12H2,1-6H3,(H,25,31)/t16-/m0/s1. The highest BCUT2D eigenvalue weighted by molar-refractivity contribution is 6.74. The molecule has 0 spiro atoms. The molecule has 1 N–H and O–H groups in total. The van der Waals surface area contributed by atoms with Crippen molar-refractivity contribution < 1.29 is 18.4 Å². The number of pyridine rings is 1. The van der Waals surface area contributed by atoms with Gasteiger partial charge in [0.25, 0.3) is 5.91 Å². The summed E-state index contributed by atoms with van der Waals surface area (Å²) in [5.74, 6) is 0.165. The molecule has 1 saturated heterocycles. The molecule has 11 heteroatoms. The lowest BCUT2D eigenvalue weighted by Crippen LogP contribution is -2.44. The molecule has 0 aliphatic carbocycles. The molecule has 3 aromatic heterocycles. The Balaban J connectivity index is 1.50. The molecule has 0 bridgehead atoms. The Hall–Kier alpha value is -3.31. The second-order valence-electron chi connectivity index (χ2n) is 9.98. The number of hydrogen-bond acceptors (Lipinski definition) is 7. The monoisotopic (exact) mass is 482 g/mol. The summed E-state index contributed by atoms with van der Waals surface area (Å²) in [7, 11) is -0.294. The maximum Gasteiger partial charge on any atom is 0.277 e. The van der Waals surface area contributed by atoms with Crippen molar-refractivity contribution >= 4 is 31.6 Å². The number of oxazole rings is 1. The van der Waals surface area contributed by atoms with Crippen molar-refractivity contribution in [2.24, 2.45) is 7.05 Å². The zero-order chi connectivity index (χ0) is 24.7. The fourth-order valence-electron chi connectivity index (χ4n) is 3.51. The maximum absolute atomic E-state index is 12.9. The Morgan fingerprint density at radius 3 is 2.65 bits per heavy atom. The van der Waals surface area contributed by atoms with Gasteiger partial charge in [0.1, 0.15) is 12.0 Å². The van der Waals surface area contributed by atoms with Crippen LogP contribution in [0, 0.1) is 0 Å². The summed E-state index contributed by atoms with van der Waals surface area (Å²) in [6.07, 6.45) is 6.27.